The monoisotopic (exact) mass is 224 g/mol. The molecule has 0 amide bonds. The molecule has 1 aliphatic rings. The molecular formula is C10H16N4O2. The minimum Gasteiger partial charge on any atom is -0.460 e. The third-order valence-corrected chi connectivity index (χ3v) is 2.87. The van der Waals surface area contributed by atoms with Crippen LogP contribution < -0.4 is 0 Å². The number of carbonyl (C=O) groups is 1. The highest BCUT2D eigenvalue weighted by molar-refractivity contribution is 5.85. The summed E-state index contributed by atoms with van der Waals surface area (Å²) in [5, 5.41) is 11.2. The lowest BCUT2D eigenvalue weighted by Crippen LogP contribution is -2.21. The van der Waals surface area contributed by atoms with E-state index in [1.807, 2.05) is 0 Å². The Morgan fingerprint density at radius 3 is 2.88 bits per heavy atom. The smallest absolute Gasteiger partial charge is 0.378 e. The van der Waals surface area contributed by atoms with Crippen LogP contribution in [-0.2, 0) is 4.74 Å². The molecule has 2 rings (SSSR count). The first-order valence-corrected chi connectivity index (χ1v) is 5.78. The Balaban J connectivity index is 2.14. The van der Waals surface area contributed by atoms with Gasteiger partial charge in [0.25, 0.3) is 5.82 Å². The van der Waals surface area contributed by atoms with Crippen molar-refractivity contribution in [3.8, 4) is 0 Å². The molecule has 0 radical (unpaired) electrons. The second-order valence-corrected chi connectivity index (χ2v) is 3.96. The molecule has 0 N–H and O–H groups in total. The number of esters is 1. The molecule has 0 aliphatic heterocycles. The Hall–Kier alpha value is -1.46. The molecule has 0 aromatic carbocycles. The van der Waals surface area contributed by atoms with Crippen LogP contribution in [0.3, 0.4) is 0 Å². The molecule has 16 heavy (non-hydrogen) atoms. The van der Waals surface area contributed by atoms with Crippen LogP contribution in [0.4, 0.5) is 0 Å². The van der Waals surface area contributed by atoms with Crippen LogP contribution in [0.1, 0.15) is 55.7 Å². The average Bonchev–Trinajstić information content (AvgIpc) is 2.79. The van der Waals surface area contributed by atoms with Gasteiger partial charge in [-0.05, 0) is 30.2 Å². The van der Waals surface area contributed by atoms with Crippen LogP contribution in [0.5, 0.6) is 0 Å². The number of rotatable bonds is 3. The number of aromatic nitrogens is 4. The Kier molecular flexibility index (Phi) is 3.48. The second kappa shape index (κ2) is 5.05. The molecule has 0 unspecified atom stereocenters. The molecule has 1 aliphatic carbocycles. The molecule has 1 aromatic rings. The van der Waals surface area contributed by atoms with Gasteiger partial charge in [-0.15, -0.1) is 5.10 Å². The molecule has 0 atom stereocenters. The Morgan fingerprint density at radius 1 is 1.44 bits per heavy atom. The highest BCUT2D eigenvalue weighted by Crippen LogP contribution is 2.27. The number of hydrogen-bond donors (Lipinski definition) is 0. The predicted molar refractivity (Wildman–Crippen MR) is 55.9 cm³/mol. The van der Waals surface area contributed by atoms with E-state index >= 15 is 0 Å². The molecular weight excluding hydrogens is 208 g/mol. The zero-order chi connectivity index (χ0) is 11.4. The molecule has 1 saturated carbocycles. The minimum absolute atomic E-state index is 0.230. The lowest BCUT2D eigenvalue weighted by molar-refractivity contribution is 0.0499. The van der Waals surface area contributed by atoms with E-state index in [1.54, 1.807) is 11.6 Å². The number of ether oxygens (including phenoxy) is 1. The first-order valence-electron chi connectivity index (χ1n) is 5.78. The van der Waals surface area contributed by atoms with Gasteiger partial charge in [0.1, 0.15) is 0 Å². The standard InChI is InChI=1S/C10H16N4O2/c1-2-16-10(15)9-11-12-13-14(9)8-6-4-3-5-7-8/h8H,2-7H2,1H3. The lowest BCUT2D eigenvalue weighted by Gasteiger charge is -2.21. The zero-order valence-electron chi connectivity index (χ0n) is 9.43. The maximum absolute atomic E-state index is 11.6. The van der Waals surface area contributed by atoms with Gasteiger partial charge in [-0.2, -0.15) is 0 Å². The van der Waals surface area contributed by atoms with Crippen molar-refractivity contribution in [1.29, 1.82) is 0 Å². The fourth-order valence-corrected chi connectivity index (χ4v) is 2.10. The van der Waals surface area contributed by atoms with Gasteiger partial charge in [-0.1, -0.05) is 19.3 Å². The van der Waals surface area contributed by atoms with Crippen molar-refractivity contribution in [2.45, 2.75) is 45.1 Å². The van der Waals surface area contributed by atoms with Gasteiger partial charge in [-0.3, -0.25) is 0 Å². The third kappa shape index (κ3) is 2.20. The summed E-state index contributed by atoms with van der Waals surface area (Å²) in [5.74, 6) is -0.202. The summed E-state index contributed by atoms with van der Waals surface area (Å²) >= 11 is 0. The van der Waals surface area contributed by atoms with Crippen LogP contribution in [0.15, 0.2) is 0 Å². The molecule has 1 heterocycles. The molecule has 0 bridgehead atoms. The lowest BCUT2D eigenvalue weighted by atomic mass is 9.96. The van der Waals surface area contributed by atoms with Crippen molar-refractivity contribution in [2.24, 2.45) is 0 Å². The normalized spacial score (nSPS) is 17.3. The highest BCUT2D eigenvalue weighted by Gasteiger charge is 2.24. The van der Waals surface area contributed by atoms with E-state index in [1.165, 1.54) is 19.3 Å². The van der Waals surface area contributed by atoms with E-state index in [4.69, 9.17) is 4.74 Å². The highest BCUT2D eigenvalue weighted by atomic mass is 16.5. The van der Waals surface area contributed by atoms with Crippen LogP contribution in [-0.4, -0.2) is 32.8 Å². The summed E-state index contributed by atoms with van der Waals surface area (Å²) in [6.07, 6.45) is 5.68. The summed E-state index contributed by atoms with van der Waals surface area (Å²) in [5.41, 5.74) is 0. The summed E-state index contributed by atoms with van der Waals surface area (Å²) in [6.45, 7) is 2.11. The number of nitrogens with zero attached hydrogens (tertiary/aromatic N) is 4. The Bertz CT molecular complexity index is 357. The van der Waals surface area contributed by atoms with Gasteiger partial charge in [0, 0.05) is 0 Å². The largest absolute Gasteiger partial charge is 0.460 e. The van der Waals surface area contributed by atoms with Crippen LogP contribution >= 0.6 is 0 Å². The van der Waals surface area contributed by atoms with Crippen LogP contribution in [0, 0.1) is 0 Å². The van der Waals surface area contributed by atoms with Crippen molar-refractivity contribution in [1.82, 2.24) is 20.2 Å². The topological polar surface area (TPSA) is 69.9 Å². The SMILES string of the molecule is CCOC(=O)c1nnnn1C1CCCCC1. The van der Waals surface area contributed by atoms with Crippen molar-refractivity contribution in [2.75, 3.05) is 6.61 Å². The van der Waals surface area contributed by atoms with Gasteiger partial charge in [0.2, 0.25) is 0 Å². The fraction of sp³-hybridized carbons (Fsp3) is 0.800. The molecule has 0 spiro atoms. The summed E-state index contributed by atoms with van der Waals surface area (Å²) < 4.78 is 6.54. The van der Waals surface area contributed by atoms with E-state index in [0.717, 1.165) is 12.8 Å². The summed E-state index contributed by atoms with van der Waals surface area (Å²) in [7, 11) is 0. The summed E-state index contributed by atoms with van der Waals surface area (Å²) in [4.78, 5) is 11.6. The van der Waals surface area contributed by atoms with Crippen molar-refractivity contribution < 1.29 is 9.53 Å². The van der Waals surface area contributed by atoms with Gasteiger partial charge in [-0.25, -0.2) is 9.48 Å². The number of carbonyl (C=O) groups excluding carboxylic acids is 1. The van der Waals surface area contributed by atoms with Gasteiger partial charge >= 0.3 is 5.97 Å². The molecule has 1 aromatic heterocycles. The second-order valence-electron chi connectivity index (χ2n) is 3.96. The van der Waals surface area contributed by atoms with Gasteiger partial charge < -0.3 is 4.74 Å². The fourth-order valence-electron chi connectivity index (χ4n) is 2.10. The van der Waals surface area contributed by atoms with Crippen molar-refractivity contribution >= 4 is 5.97 Å². The maximum Gasteiger partial charge on any atom is 0.378 e. The van der Waals surface area contributed by atoms with E-state index in [-0.39, 0.29) is 11.9 Å². The molecule has 88 valence electrons. The number of hydrogen-bond acceptors (Lipinski definition) is 5. The Labute approximate surface area is 94.0 Å². The quantitative estimate of drug-likeness (QED) is 0.725. The van der Waals surface area contributed by atoms with Crippen LogP contribution in [0.2, 0.25) is 0 Å². The van der Waals surface area contributed by atoms with Crippen LogP contribution in [0.25, 0.3) is 0 Å². The molecule has 6 heteroatoms. The third-order valence-electron chi connectivity index (χ3n) is 2.87. The molecule has 0 saturated heterocycles. The van der Waals surface area contributed by atoms with E-state index in [2.05, 4.69) is 15.5 Å². The summed E-state index contributed by atoms with van der Waals surface area (Å²) in [6, 6.07) is 0.253. The average molecular weight is 224 g/mol. The zero-order valence-corrected chi connectivity index (χ0v) is 9.43. The van der Waals surface area contributed by atoms with E-state index < -0.39 is 5.97 Å². The first-order chi connectivity index (χ1) is 7.83. The maximum atomic E-state index is 11.6. The number of tetrazole rings is 1. The van der Waals surface area contributed by atoms with Gasteiger partial charge in [0.05, 0.1) is 12.6 Å². The van der Waals surface area contributed by atoms with E-state index in [9.17, 15) is 4.79 Å². The minimum atomic E-state index is -0.432. The van der Waals surface area contributed by atoms with Gasteiger partial charge in [0.15, 0.2) is 0 Å². The molecule has 1 fully saturated rings. The van der Waals surface area contributed by atoms with Crippen molar-refractivity contribution in [3.05, 3.63) is 5.82 Å². The molecule has 6 nitrogen and oxygen atoms in total. The van der Waals surface area contributed by atoms with E-state index in [0.29, 0.717) is 6.61 Å². The Morgan fingerprint density at radius 2 is 2.19 bits per heavy atom. The predicted octanol–water partition coefficient (Wildman–Crippen LogP) is 1.35. The van der Waals surface area contributed by atoms with Crippen molar-refractivity contribution in [3.63, 3.8) is 0 Å². The first kappa shape index (κ1) is 11.0.